The maximum absolute atomic E-state index is 6.52. The van der Waals surface area contributed by atoms with E-state index in [0.29, 0.717) is 42.2 Å². The van der Waals surface area contributed by atoms with E-state index >= 15 is 0 Å². The summed E-state index contributed by atoms with van der Waals surface area (Å²) in [5.74, 6) is 1.63. The Kier molecular flexibility index (Phi) is 8.45. The quantitative estimate of drug-likeness (QED) is 0.385. The third kappa shape index (κ3) is 5.79. The number of hydrogen-bond acceptors (Lipinski definition) is 9. The molecule has 5 rings (SSSR count). The molecule has 4 aliphatic heterocycles. The van der Waals surface area contributed by atoms with Crippen LogP contribution in [-0.2, 0) is 9.57 Å². The first-order valence-corrected chi connectivity index (χ1v) is 14.0. The van der Waals surface area contributed by atoms with Crippen LogP contribution in [0.4, 0.5) is 0 Å². The third-order valence-corrected chi connectivity index (χ3v) is 8.90. The molecule has 1 saturated carbocycles. The van der Waals surface area contributed by atoms with Crippen LogP contribution in [0.25, 0.3) is 0 Å². The lowest BCUT2D eigenvalue weighted by molar-refractivity contribution is -0.0441. The fourth-order valence-corrected chi connectivity index (χ4v) is 6.83. The molecule has 8 atom stereocenters. The summed E-state index contributed by atoms with van der Waals surface area (Å²) in [6.45, 7) is 14.4. The highest BCUT2D eigenvalue weighted by atomic mass is 16.7. The monoisotopic (exact) mass is 479 g/mol. The van der Waals surface area contributed by atoms with Crippen molar-refractivity contribution in [2.24, 2.45) is 17.8 Å². The molecule has 0 amide bonds. The van der Waals surface area contributed by atoms with Crippen LogP contribution in [0.5, 0.6) is 0 Å². The number of nitrogens with zero attached hydrogens (tertiary/aromatic N) is 2. The first-order chi connectivity index (χ1) is 16.5. The van der Waals surface area contributed by atoms with Crippen LogP contribution in [0.1, 0.15) is 66.2 Å². The summed E-state index contributed by atoms with van der Waals surface area (Å²) in [5, 5.41) is 7.55. The molecule has 0 aromatic heterocycles. The predicted octanol–water partition coefficient (Wildman–Crippen LogP) is 1.15. The molecule has 8 unspecified atom stereocenters. The van der Waals surface area contributed by atoms with E-state index in [1.165, 1.54) is 38.5 Å². The van der Waals surface area contributed by atoms with Crippen molar-refractivity contribution in [3.63, 3.8) is 0 Å². The van der Waals surface area contributed by atoms with Crippen LogP contribution in [0.15, 0.2) is 0 Å². The fourth-order valence-electron chi connectivity index (χ4n) is 6.83. The average Bonchev–Trinajstić information content (AvgIpc) is 3.45. The van der Waals surface area contributed by atoms with Gasteiger partial charge in [0, 0.05) is 50.7 Å². The molecule has 9 nitrogen and oxygen atoms in total. The number of piperazine rings is 1. The first kappa shape index (κ1) is 25.3. The molecule has 0 aromatic carbocycles. The molecular formula is C25H49N7O2. The Hall–Kier alpha value is -0.360. The second-order valence-corrected chi connectivity index (χ2v) is 11.8. The van der Waals surface area contributed by atoms with Gasteiger partial charge in [0.05, 0.1) is 18.4 Å². The van der Waals surface area contributed by atoms with E-state index in [1.807, 2.05) is 0 Å². The van der Waals surface area contributed by atoms with E-state index in [1.54, 1.807) is 0 Å². The van der Waals surface area contributed by atoms with Crippen molar-refractivity contribution < 1.29 is 9.57 Å². The minimum atomic E-state index is -0.00314. The minimum Gasteiger partial charge on any atom is -0.341 e. The van der Waals surface area contributed by atoms with Gasteiger partial charge in [-0.2, -0.15) is 5.48 Å². The molecule has 1 aliphatic carbocycles. The first-order valence-electron chi connectivity index (χ1n) is 14.0. The number of nitrogens with one attached hydrogen (secondary N) is 5. The molecule has 0 spiro atoms. The molecule has 4 saturated heterocycles. The Morgan fingerprint density at radius 3 is 2.44 bits per heavy atom. The smallest absolute Gasteiger partial charge is 0.135 e. The minimum absolute atomic E-state index is 0.00314. The average molecular weight is 480 g/mol. The molecule has 196 valence electrons. The Bertz CT molecular complexity index is 641. The van der Waals surface area contributed by atoms with Gasteiger partial charge in [0.25, 0.3) is 0 Å². The van der Waals surface area contributed by atoms with Gasteiger partial charge in [-0.15, -0.1) is 0 Å². The number of rotatable bonds is 6. The zero-order valence-electron chi connectivity index (χ0n) is 21.8. The van der Waals surface area contributed by atoms with Gasteiger partial charge in [0.1, 0.15) is 12.5 Å². The number of hydrazine groups is 1. The Balaban J connectivity index is 1.08. The summed E-state index contributed by atoms with van der Waals surface area (Å²) < 4.78 is 6.52. The second kappa shape index (κ2) is 11.4. The number of ether oxygens (including phenoxy) is 1. The van der Waals surface area contributed by atoms with Gasteiger partial charge in [-0.05, 0) is 44.9 Å². The predicted molar refractivity (Wildman–Crippen MR) is 133 cm³/mol. The van der Waals surface area contributed by atoms with Gasteiger partial charge in [0.15, 0.2) is 0 Å². The summed E-state index contributed by atoms with van der Waals surface area (Å²) in [7, 11) is 0. The van der Waals surface area contributed by atoms with Crippen molar-refractivity contribution in [3.8, 4) is 0 Å². The Morgan fingerprint density at radius 1 is 0.941 bits per heavy atom. The Labute approximate surface area is 206 Å². The second-order valence-electron chi connectivity index (χ2n) is 11.8. The fraction of sp³-hybridized carbons (Fsp3) is 1.00. The van der Waals surface area contributed by atoms with Crippen molar-refractivity contribution in [1.29, 1.82) is 0 Å². The van der Waals surface area contributed by atoms with Crippen LogP contribution in [0.2, 0.25) is 0 Å². The topological polar surface area (TPSA) is 85.1 Å². The van der Waals surface area contributed by atoms with Crippen molar-refractivity contribution in [3.05, 3.63) is 0 Å². The standard InChI is InChI=1S/C25H49N7O2/c1-16(2)24-26-17(3)14-20(27-24)32-12-10-31(11-13-32)15-21-28-29-25(33-21)22-18(4)34-30-23(22)19-8-6-5-7-9-19/h16-30H,5-15H2,1-4H3. The molecule has 5 aliphatic rings. The maximum atomic E-state index is 6.52. The summed E-state index contributed by atoms with van der Waals surface area (Å²) >= 11 is 0. The molecule has 5 fully saturated rings. The largest absolute Gasteiger partial charge is 0.341 e. The summed E-state index contributed by atoms with van der Waals surface area (Å²) in [6, 6.07) is 0.941. The number of hydrogen-bond donors (Lipinski definition) is 5. The lowest BCUT2D eigenvalue weighted by atomic mass is 9.77. The summed E-state index contributed by atoms with van der Waals surface area (Å²) in [6.07, 6.45) is 8.91. The van der Waals surface area contributed by atoms with Crippen LogP contribution in [-0.4, -0.2) is 85.5 Å². The summed E-state index contributed by atoms with van der Waals surface area (Å²) in [4.78, 5) is 11.1. The van der Waals surface area contributed by atoms with Crippen molar-refractivity contribution in [2.75, 3.05) is 32.7 Å². The van der Waals surface area contributed by atoms with Crippen molar-refractivity contribution in [2.45, 2.75) is 109 Å². The van der Waals surface area contributed by atoms with Gasteiger partial charge in [-0.25, -0.2) is 10.9 Å². The van der Waals surface area contributed by atoms with Gasteiger partial charge >= 0.3 is 0 Å². The van der Waals surface area contributed by atoms with Gasteiger partial charge < -0.3 is 4.74 Å². The zero-order valence-corrected chi connectivity index (χ0v) is 21.8. The highest BCUT2D eigenvalue weighted by Crippen LogP contribution is 2.36. The van der Waals surface area contributed by atoms with E-state index in [2.05, 4.69) is 64.5 Å². The zero-order chi connectivity index (χ0) is 23.7. The van der Waals surface area contributed by atoms with Crippen LogP contribution >= 0.6 is 0 Å². The van der Waals surface area contributed by atoms with Gasteiger partial charge in [-0.1, -0.05) is 33.1 Å². The molecule has 0 radical (unpaired) electrons. The van der Waals surface area contributed by atoms with Crippen LogP contribution < -0.4 is 27.0 Å². The molecule has 34 heavy (non-hydrogen) atoms. The highest BCUT2D eigenvalue weighted by Gasteiger charge is 2.47. The molecule has 5 N–H and O–H groups in total. The molecular weight excluding hydrogens is 430 g/mol. The van der Waals surface area contributed by atoms with E-state index in [4.69, 9.17) is 9.57 Å². The molecule has 4 heterocycles. The van der Waals surface area contributed by atoms with Crippen LogP contribution in [0.3, 0.4) is 0 Å². The molecule has 0 aromatic rings. The SMILES string of the molecule is CC1CC(N2CCN(CC3NNC(C4C(C)ONC4C4CCCCC4)O3)CC2)NC(C(C)C)N1. The normalized spacial score (nSPS) is 43.7. The summed E-state index contributed by atoms with van der Waals surface area (Å²) in [5.41, 5.74) is 10.3. The van der Waals surface area contributed by atoms with E-state index in [0.717, 1.165) is 32.7 Å². The van der Waals surface area contributed by atoms with Gasteiger partial charge in [0.2, 0.25) is 0 Å². The maximum Gasteiger partial charge on any atom is 0.135 e. The van der Waals surface area contributed by atoms with E-state index in [-0.39, 0.29) is 18.6 Å². The van der Waals surface area contributed by atoms with Crippen LogP contribution in [0, 0.1) is 17.8 Å². The molecule has 9 heteroatoms. The van der Waals surface area contributed by atoms with Crippen molar-refractivity contribution in [1.82, 2.24) is 36.8 Å². The van der Waals surface area contributed by atoms with Crippen molar-refractivity contribution >= 4 is 0 Å². The Morgan fingerprint density at radius 2 is 1.71 bits per heavy atom. The molecule has 0 bridgehead atoms. The van der Waals surface area contributed by atoms with E-state index in [9.17, 15) is 0 Å². The van der Waals surface area contributed by atoms with Gasteiger partial charge in [-0.3, -0.25) is 25.3 Å². The third-order valence-electron chi connectivity index (χ3n) is 8.90. The lowest BCUT2D eigenvalue weighted by Gasteiger charge is -2.46. The highest BCUT2D eigenvalue weighted by molar-refractivity contribution is 4.95. The lowest BCUT2D eigenvalue weighted by Crippen LogP contribution is -2.66. The van der Waals surface area contributed by atoms with E-state index < -0.39 is 0 Å². The number of hydroxylamine groups is 1.